The van der Waals surface area contributed by atoms with Crippen molar-refractivity contribution in [3.05, 3.63) is 18.0 Å². The molecule has 7 heteroatoms. The molecule has 1 aromatic rings. The van der Waals surface area contributed by atoms with E-state index in [1.165, 1.54) is 16.6 Å². The minimum atomic E-state index is -3.51. The van der Waals surface area contributed by atoms with Crippen LogP contribution in [-0.4, -0.2) is 49.1 Å². The summed E-state index contributed by atoms with van der Waals surface area (Å²) in [6.07, 6.45) is 2.13. The minimum absolute atomic E-state index is 0.0696. The lowest BCUT2D eigenvalue weighted by atomic mass is 9.97. The van der Waals surface area contributed by atoms with Gasteiger partial charge < -0.3 is 14.8 Å². The van der Waals surface area contributed by atoms with Crippen molar-refractivity contribution in [2.45, 2.75) is 31.0 Å². The second-order valence-corrected chi connectivity index (χ2v) is 6.86. The van der Waals surface area contributed by atoms with Gasteiger partial charge in [0.15, 0.2) is 0 Å². The fraction of sp³-hybridized carbons (Fsp3) is 0.667. The van der Waals surface area contributed by atoms with Crippen molar-refractivity contribution in [1.29, 1.82) is 0 Å². The highest BCUT2D eigenvalue weighted by Crippen LogP contribution is 2.25. The van der Waals surface area contributed by atoms with Gasteiger partial charge in [0.05, 0.1) is 17.6 Å². The SMILES string of the molecule is COC1CN(S(=O)(=O)c2c[nH]c(CO)c2)CCC1C. The van der Waals surface area contributed by atoms with E-state index in [1.807, 2.05) is 0 Å². The normalized spacial score (nSPS) is 25.6. The number of piperidine rings is 1. The molecule has 2 N–H and O–H groups in total. The Bertz CT molecular complexity index is 526. The lowest BCUT2D eigenvalue weighted by molar-refractivity contribution is 0.0184. The van der Waals surface area contributed by atoms with Gasteiger partial charge in [-0.25, -0.2) is 8.42 Å². The molecule has 0 amide bonds. The Hall–Kier alpha value is -0.890. The Labute approximate surface area is 113 Å². The summed E-state index contributed by atoms with van der Waals surface area (Å²) in [5.74, 6) is 0.357. The second-order valence-electron chi connectivity index (χ2n) is 4.92. The Morgan fingerprint density at radius 3 is 2.89 bits per heavy atom. The molecular weight excluding hydrogens is 268 g/mol. The number of aromatic nitrogens is 1. The standard InChI is InChI=1S/C12H20N2O4S/c1-9-3-4-14(7-12(9)18-2)19(16,17)11-5-10(8-15)13-6-11/h5-6,9,12-13,15H,3-4,7-8H2,1-2H3. The molecule has 1 aromatic heterocycles. The molecule has 1 fully saturated rings. The van der Waals surface area contributed by atoms with E-state index in [-0.39, 0.29) is 17.6 Å². The van der Waals surface area contributed by atoms with Crippen LogP contribution in [-0.2, 0) is 21.4 Å². The fourth-order valence-electron chi connectivity index (χ4n) is 2.34. The molecule has 0 aliphatic carbocycles. The summed E-state index contributed by atoms with van der Waals surface area (Å²) < 4.78 is 31.7. The lowest BCUT2D eigenvalue weighted by Gasteiger charge is -2.35. The van der Waals surface area contributed by atoms with Crippen LogP contribution in [0.3, 0.4) is 0 Å². The zero-order chi connectivity index (χ0) is 14.0. The minimum Gasteiger partial charge on any atom is -0.390 e. The Kier molecular flexibility index (Phi) is 4.29. The van der Waals surface area contributed by atoms with Crippen molar-refractivity contribution in [3.63, 3.8) is 0 Å². The van der Waals surface area contributed by atoms with Crippen LogP contribution in [0.15, 0.2) is 17.2 Å². The topological polar surface area (TPSA) is 82.6 Å². The number of aliphatic hydroxyl groups excluding tert-OH is 1. The number of H-pyrrole nitrogens is 1. The number of sulfonamides is 1. The Balaban J connectivity index is 2.20. The van der Waals surface area contributed by atoms with E-state index < -0.39 is 10.0 Å². The van der Waals surface area contributed by atoms with Crippen LogP contribution in [0, 0.1) is 5.92 Å². The van der Waals surface area contributed by atoms with Crippen molar-refractivity contribution in [2.75, 3.05) is 20.2 Å². The summed E-state index contributed by atoms with van der Waals surface area (Å²) in [5.41, 5.74) is 0.493. The summed E-state index contributed by atoms with van der Waals surface area (Å²) in [4.78, 5) is 2.94. The summed E-state index contributed by atoms with van der Waals surface area (Å²) >= 11 is 0. The molecule has 0 bridgehead atoms. The molecule has 1 saturated heterocycles. The predicted octanol–water partition coefficient (Wildman–Crippen LogP) is 0.552. The summed E-state index contributed by atoms with van der Waals surface area (Å²) in [7, 11) is -1.90. The second kappa shape index (κ2) is 5.62. The van der Waals surface area contributed by atoms with Gasteiger partial charge in [0.1, 0.15) is 0 Å². The van der Waals surface area contributed by atoms with E-state index in [9.17, 15) is 8.42 Å². The van der Waals surface area contributed by atoms with Crippen molar-refractivity contribution >= 4 is 10.0 Å². The predicted molar refractivity (Wildman–Crippen MR) is 70.1 cm³/mol. The molecule has 0 saturated carbocycles. The zero-order valence-electron chi connectivity index (χ0n) is 11.2. The van der Waals surface area contributed by atoms with Gasteiger partial charge in [-0.2, -0.15) is 4.31 Å². The smallest absolute Gasteiger partial charge is 0.244 e. The van der Waals surface area contributed by atoms with Gasteiger partial charge >= 0.3 is 0 Å². The van der Waals surface area contributed by atoms with E-state index in [0.29, 0.717) is 24.7 Å². The first-order chi connectivity index (χ1) is 8.98. The maximum atomic E-state index is 12.5. The van der Waals surface area contributed by atoms with Crippen molar-refractivity contribution in [3.8, 4) is 0 Å². The first-order valence-corrected chi connectivity index (χ1v) is 7.74. The van der Waals surface area contributed by atoms with E-state index >= 15 is 0 Å². The Morgan fingerprint density at radius 2 is 2.32 bits per heavy atom. The highest BCUT2D eigenvalue weighted by molar-refractivity contribution is 7.89. The number of hydrogen-bond acceptors (Lipinski definition) is 4. The maximum Gasteiger partial charge on any atom is 0.244 e. The molecule has 2 heterocycles. The number of nitrogens with one attached hydrogen (secondary N) is 1. The van der Waals surface area contributed by atoms with Crippen LogP contribution in [0.1, 0.15) is 19.0 Å². The molecule has 19 heavy (non-hydrogen) atoms. The first-order valence-electron chi connectivity index (χ1n) is 6.30. The number of hydrogen-bond donors (Lipinski definition) is 2. The molecule has 0 spiro atoms. The van der Waals surface area contributed by atoms with Crippen LogP contribution in [0.2, 0.25) is 0 Å². The number of aliphatic hydroxyl groups is 1. The van der Waals surface area contributed by atoms with Crippen LogP contribution < -0.4 is 0 Å². The largest absolute Gasteiger partial charge is 0.390 e. The molecule has 2 unspecified atom stereocenters. The molecule has 2 rings (SSSR count). The van der Waals surface area contributed by atoms with Crippen molar-refractivity contribution in [1.82, 2.24) is 9.29 Å². The third-order valence-electron chi connectivity index (χ3n) is 3.68. The molecule has 0 radical (unpaired) electrons. The van der Waals surface area contributed by atoms with E-state index in [1.54, 1.807) is 7.11 Å². The molecule has 0 aromatic carbocycles. The first kappa shape index (κ1) is 14.5. The summed E-state index contributed by atoms with van der Waals surface area (Å²) in [5, 5.41) is 8.98. The van der Waals surface area contributed by atoms with Gasteiger partial charge in [-0.05, 0) is 18.4 Å². The van der Waals surface area contributed by atoms with Gasteiger partial charge in [-0.1, -0.05) is 6.92 Å². The van der Waals surface area contributed by atoms with Crippen LogP contribution in [0.25, 0.3) is 0 Å². The third kappa shape index (κ3) is 2.84. The molecule has 1 aliphatic rings. The van der Waals surface area contributed by atoms with Gasteiger partial charge in [0.2, 0.25) is 10.0 Å². The molecular formula is C12H20N2O4S. The van der Waals surface area contributed by atoms with Crippen molar-refractivity contribution in [2.24, 2.45) is 5.92 Å². The molecule has 6 nitrogen and oxygen atoms in total. The lowest BCUT2D eigenvalue weighted by Crippen LogP contribution is -2.46. The van der Waals surface area contributed by atoms with Crippen LogP contribution in [0.4, 0.5) is 0 Å². The average Bonchev–Trinajstić information content (AvgIpc) is 2.88. The van der Waals surface area contributed by atoms with Gasteiger partial charge in [0, 0.05) is 32.1 Å². The number of methoxy groups -OCH3 is 1. The van der Waals surface area contributed by atoms with Gasteiger partial charge in [0.25, 0.3) is 0 Å². The number of aromatic amines is 1. The quantitative estimate of drug-likeness (QED) is 0.847. The van der Waals surface area contributed by atoms with Gasteiger partial charge in [-0.15, -0.1) is 0 Å². The number of rotatable bonds is 4. The number of nitrogens with zero attached hydrogens (tertiary/aromatic N) is 1. The van der Waals surface area contributed by atoms with Crippen LogP contribution in [0.5, 0.6) is 0 Å². The Morgan fingerprint density at radius 1 is 1.58 bits per heavy atom. The summed E-state index contributed by atoms with van der Waals surface area (Å²) in [6, 6.07) is 1.47. The molecule has 2 atom stereocenters. The highest BCUT2D eigenvalue weighted by atomic mass is 32.2. The van der Waals surface area contributed by atoms with E-state index in [2.05, 4.69) is 11.9 Å². The van der Waals surface area contributed by atoms with E-state index in [4.69, 9.17) is 9.84 Å². The monoisotopic (exact) mass is 288 g/mol. The number of ether oxygens (including phenoxy) is 1. The maximum absolute atomic E-state index is 12.5. The average molecular weight is 288 g/mol. The highest BCUT2D eigenvalue weighted by Gasteiger charge is 2.34. The molecule has 108 valence electrons. The molecule has 1 aliphatic heterocycles. The van der Waals surface area contributed by atoms with Crippen molar-refractivity contribution < 1.29 is 18.3 Å². The summed E-state index contributed by atoms with van der Waals surface area (Å²) in [6.45, 7) is 2.74. The van der Waals surface area contributed by atoms with E-state index in [0.717, 1.165) is 6.42 Å². The third-order valence-corrected chi connectivity index (χ3v) is 5.52. The fourth-order valence-corrected chi connectivity index (χ4v) is 3.82. The van der Waals surface area contributed by atoms with Gasteiger partial charge in [-0.3, -0.25) is 0 Å². The van der Waals surface area contributed by atoms with Crippen LogP contribution >= 0.6 is 0 Å². The zero-order valence-corrected chi connectivity index (χ0v) is 12.0.